The number of nitrogens with one attached hydrogen (secondary N) is 1. The third kappa shape index (κ3) is 4.12. The molecule has 1 unspecified atom stereocenters. The highest BCUT2D eigenvalue weighted by Gasteiger charge is 2.23. The first-order valence-electron chi connectivity index (χ1n) is 6.66. The van der Waals surface area contributed by atoms with Crippen molar-refractivity contribution in [3.05, 3.63) is 0 Å². The van der Waals surface area contributed by atoms with Crippen molar-refractivity contribution >= 4 is 5.91 Å². The molecule has 0 spiro atoms. The SMILES string of the molecule is CCC(CN)CC(=O)N[C@H](C)C1CCCC1. The number of carbonyl (C=O) groups excluding carboxylic acids is 1. The van der Waals surface area contributed by atoms with Crippen LogP contribution in [-0.2, 0) is 4.79 Å². The number of hydrogen-bond acceptors (Lipinski definition) is 2. The lowest BCUT2D eigenvalue weighted by Gasteiger charge is -2.21. The van der Waals surface area contributed by atoms with Crippen molar-refractivity contribution in [1.82, 2.24) is 5.32 Å². The maximum Gasteiger partial charge on any atom is 0.220 e. The molecule has 1 amide bonds. The van der Waals surface area contributed by atoms with E-state index in [1.807, 2.05) is 0 Å². The molecular formula is C13H26N2O. The zero-order valence-electron chi connectivity index (χ0n) is 10.7. The zero-order valence-corrected chi connectivity index (χ0v) is 10.7. The van der Waals surface area contributed by atoms with E-state index in [9.17, 15) is 4.79 Å². The second-order valence-corrected chi connectivity index (χ2v) is 5.11. The maximum absolute atomic E-state index is 11.8. The average molecular weight is 226 g/mol. The molecule has 0 saturated heterocycles. The Morgan fingerprint density at radius 1 is 1.44 bits per heavy atom. The van der Waals surface area contributed by atoms with Crippen LogP contribution in [0.5, 0.6) is 0 Å². The lowest BCUT2D eigenvalue weighted by molar-refractivity contribution is -0.122. The fourth-order valence-corrected chi connectivity index (χ4v) is 2.54. The molecule has 1 rings (SSSR count). The third-order valence-electron chi connectivity index (χ3n) is 3.88. The van der Waals surface area contributed by atoms with Gasteiger partial charge in [-0.1, -0.05) is 26.2 Å². The predicted molar refractivity (Wildman–Crippen MR) is 67.0 cm³/mol. The van der Waals surface area contributed by atoms with Crippen molar-refractivity contribution in [3.63, 3.8) is 0 Å². The molecule has 0 aromatic carbocycles. The predicted octanol–water partition coefficient (Wildman–Crippen LogP) is 2.06. The summed E-state index contributed by atoms with van der Waals surface area (Å²) in [6, 6.07) is 0.338. The van der Waals surface area contributed by atoms with E-state index in [0.29, 0.717) is 30.8 Å². The monoisotopic (exact) mass is 226 g/mol. The Labute approximate surface area is 99.2 Å². The lowest BCUT2D eigenvalue weighted by Crippen LogP contribution is -2.38. The Morgan fingerprint density at radius 3 is 2.56 bits per heavy atom. The minimum absolute atomic E-state index is 0.178. The van der Waals surface area contributed by atoms with Gasteiger partial charge in [0.1, 0.15) is 0 Å². The standard InChI is InChI=1S/C13H26N2O/c1-3-11(9-14)8-13(16)15-10(2)12-6-4-5-7-12/h10-12H,3-9,14H2,1-2H3,(H,15,16)/t10-,11?/m1/s1. The highest BCUT2D eigenvalue weighted by molar-refractivity contribution is 5.76. The van der Waals surface area contributed by atoms with Crippen LogP contribution in [0.4, 0.5) is 0 Å². The number of carbonyl (C=O) groups is 1. The second-order valence-electron chi connectivity index (χ2n) is 5.11. The van der Waals surface area contributed by atoms with Gasteiger partial charge in [0.2, 0.25) is 5.91 Å². The number of rotatable bonds is 6. The molecule has 3 N–H and O–H groups in total. The smallest absolute Gasteiger partial charge is 0.220 e. The van der Waals surface area contributed by atoms with E-state index in [4.69, 9.17) is 5.73 Å². The van der Waals surface area contributed by atoms with E-state index in [-0.39, 0.29) is 5.91 Å². The van der Waals surface area contributed by atoms with Gasteiger partial charge in [-0.3, -0.25) is 4.79 Å². The Kier molecular flexibility index (Phi) is 5.81. The van der Waals surface area contributed by atoms with Gasteiger partial charge in [0.15, 0.2) is 0 Å². The summed E-state index contributed by atoms with van der Waals surface area (Å²) in [6.45, 7) is 4.84. The fraction of sp³-hybridized carbons (Fsp3) is 0.923. The van der Waals surface area contributed by atoms with Crippen LogP contribution in [0.3, 0.4) is 0 Å². The van der Waals surface area contributed by atoms with E-state index >= 15 is 0 Å². The highest BCUT2D eigenvalue weighted by Crippen LogP contribution is 2.27. The van der Waals surface area contributed by atoms with Gasteiger partial charge >= 0.3 is 0 Å². The van der Waals surface area contributed by atoms with E-state index in [1.54, 1.807) is 0 Å². The van der Waals surface area contributed by atoms with Crippen molar-refractivity contribution in [2.75, 3.05) is 6.54 Å². The molecule has 1 aliphatic carbocycles. The summed E-state index contributed by atoms with van der Waals surface area (Å²) in [5.41, 5.74) is 5.60. The van der Waals surface area contributed by atoms with Gasteiger partial charge < -0.3 is 11.1 Å². The molecule has 0 bridgehead atoms. The van der Waals surface area contributed by atoms with Crippen molar-refractivity contribution in [2.45, 2.75) is 58.4 Å². The Balaban J connectivity index is 2.26. The fourth-order valence-electron chi connectivity index (χ4n) is 2.54. The zero-order chi connectivity index (χ0) is 12.0. The van der Waals surface area contributed by atoms with E-state index in [0.717, 1.165) is 6.42 Å². The van der Waals surface area contributed by atoms with Crippen molar-refractivity contribution in [2.24, 2.45) is 17.6 Å². The van der Waals surface area contributed by atoms with E-state index in [2.05, 4.69) is 19.2 Å². The summed E-state index contributed by atoms with van der Waals surface area (Å²) in [4.78, 5) is 11.8. The van der Waals surface area contributed by atoms with E-state index in [1.165, 1.54) is 25.7 Å². The summed E-state index contributed by atoms with van der Waals surface area (Å²) >= 11 is 0. The van der Waals surface area contributed by atoms with Crippen LogP contribution in [0.2, 0.25) is 0 Å². The molecule has 0 radical (unpaired) electrons. The Morgan fingerprint density at radius 2 is 2.06 bits per heavy atom. The summed E-state index contributed by atoms with van der Waals surface area (Å²) in [7, 11) is 0. The molecule has 0 heterocycles. The van der Waals surface area contributed by atoms with Crippen molar-refractivity contribution < 1.29 is 4.79 Å². The number of nitrogens with two attached hydrogens (primary N) is 1. The van der Waals surface area contributed by atoms with Crippen LogP contribution >= 0.6 is 0 Å². The van der Waals surface area contributed by atoms with Crippen LogP contribution in [-0.4, -0.2) is 18.5 Å². The van der Waals surface area contributed by atoms with Gasteiger partial charge in [-0.05, 0) is 38.1 Å². The van der Waals surface area contributed by atoms with Gasteiger partial charge in [0, 0.05) is 12.5 Å². The molecule has 1 aliphatic rings. The molecule has 0 aromatic rings. The number of amides is 1. The highest BCUT2D eigenvalue weighted by atomic mass is 16.1. The Hall–Kier alpha value is -0.570. The van der Waals surface area contributed by atoms with Crippen LogP contribution in [0.15, 0.2) is 0 Å². The van der Waals surface area contributed by atoms with Gasteiger partial charge in [-0.25, -0.2) is 0 Å². The average Bonchev–Trinajstić information content (AvgIpc) is 2.79. The van der Waals surface area contributed by atoms with E-state index < -0.39 is 0 Å². The summed E-state index contributed by atoms with van der Waals surface area (Å²) < 4.78 is 0. The van der Waals surface area contributed by atoms with Gasteiger partial charge in [0.05, 0.1) is 0 Å². The second kappa shape index (κ2) is 6.89. The first kappa shape index (κ1) is 13.5. The Bertz CT molecular complexity index is 208. The molecule has 3 nitrogen and oxygen atoms in total. The summed E-state index contributed by atoms with van der Waals surface area (Å²) in [6.07, 6.45) is 6.77. The minimum Gasteiger partial charge on any atom is -0.353 e. The molecule has 3 heteroatoms. The van der Waals surface area contributed by atoms with Crippen LogP contribution in [0, 0.1) is 11.8 Å². The molecule has 16 heavy (non-hydrogen) atoms. The van der Waals surface area contributed by atoms with Gasteiger partial charge in [-0.2, -0.15) is 0 Å². The van der Waals surface area contributed by atoms with Crippen molar-refractivity contribution in [1.29, 1.82) is 0 Å². The van der Waals surface area contributed by atoms with Crippen LogP contribution < -0.4 is 11.1 Å². The lowest BCUT2D eigenvalue weighted by atomic mass is 9.98. The quantitative estimate of drug-likeness (QED) is 0.728. The molecule has 2 atom stereocenters. The first-order chi connectivity index (χ1) is 7.67. The van der Waals surface area contributed by atoms with Crippen LogP contribution in [0.25, 0.3) is 0 Å². The largest absolute Gasteiger partial charge is 0.353 e. The first-order valence-corrected chi connectivity index (χ1v) is 6.66. The topological polar surface area (TPSA) is 55.1 Å². The number of hydrogen-bond donors (Lipinski definition) is 2. The normalized spacial score (nSPS) is 20.7. The summed E-state index contributed by atoms with van der Waals surface area (Å²) in [5.74, 6) is 1.22. The summed E-state index contributed by atoms with van der Waals surface area (Å²) in [5, 5.41) is 3.13. The van der Waals surface area contributed by atoms with Gasteiger partial charge in [-0.15, -0.1) is 0 Å². The van der Waals surface area contributed by atoms with Crippen LogP contribution in [0.1, 0.15) is 52.4 Å². The third-order valence-corrected chi connectivity index (χ3v) is 3.88. The molecule has 0 aliphatic heterocycles. The molecule has 0 aromatic heterocycles. The van der Waals surface area contributed by atoms with Gasteiger partial charge in [0.25, 0.3) is 0 Å². The molecule has 1 saturated carbocycles. The maximum atomic E-state index is 11.8. The minimum atomic E-state index is 0.178. The molecule has 94 valence electrons. The molecule has 1 fully saturated rings. The van der Waals surface area contributed by atoms with Crippen molar-refractivity contribution in [3.8, 4) is 0 Å². The molecular weight excluding hydrogens is 200 g/mol.